The summed E-state index contributed by atoms with van der Waals surface area (Å²) < 4.78 is 85.0. The fourth-order valence-corrected chi connectivity index (χ4v) is 5.27. The van der Waals surface area contributed by atoms with Crippen LogP contribution in [0.4, 0.5) is 22.0 Å². The predicted octanol–water partition coefficient (Wildman–Crippen LogP) is 5.36. The number of nitrogens with zero attached hydrogens (tertiary/aromatic N) is 2. The number of H-pyrrole nitrogens is 1. The van der Waals surface area contributed by atoms with Crippen molar-refractivity contribution in [2.75, 3.05) is 7.05 Å². The highest BCUT2D eigenvalue weighted by Crippen LogP contribution is 2.32. The van der Waals surface area contributed by atoms with Crippen LogP contribution in [-0.4, -0.2) is 53.0 Å². The van der Waals surface area contributed by atoms with E-state index in [9.17, 15) is 30.4 Å². The van der Waals surface area contributed by atoms with Crippen LogP contribution in [0.5, 0.6) is 0 Å². The highest BCUT2D eigenvalue weighted by Gasteiger charge is 2.38. The number of rotatable bonds is 5. The minimum atomic E-state index is -5.08. The van der Waals surface area contributed by atoms with Crippen molar-refractivity contribution in [3.05, 3.63) is 48.3 Å². The lowest BCUT2D eigenvalue weighted by Gasteiger charge is -2.23. The van der Waals surface area contributed by atoms with E-state index in [1.54, 1.807) is 43.6 Å². The van der Waals surface area contributed by atoms with Crippen molar-refractivity contribution in [3.63, 3.8) is 0 Å². The van der Waals surface area contributed by atoms with Crippen LogP contribution < -0.4 is 0 Å². The largest absolute Gasteiger partial charge is 0.490 e. The number of carbonyl (C=O) groups is 1. The lowest BCUT2D eigenvalue weighted by molar-refractivity contribution is -0.192. The summed E-state index contributed by atoms with van der Waals surface area (Å²) in [6.45, 7) is 0. The van der Waals surface area contributed by atoms with Crippen LogP contribution >= 0.6 is 0 Å². The highest BCUT2D eigenvalue weighted by atomic mass is 32.2. The van der Waals surface area contributed by atoms with E-state index in [-0.39, 0.29) is 16.6 Å². The second-order valence-corrected chi connectivity index (χ2v) is 9.93. The predicted molar refractivity (Wildman–Crippen MR) is 117 cm³/mol. The second-order valence-electron chi connectivity index (χ2n) is 7.93. The minimum Gasteiger partial charge on any atom is -0.475 e. The lowest BCUT2D eigenvalue weighted by Crippen LogP contribution is -2.35. The van der Waals surface area contributed by atoms with Gasteiger partial charge in [0.25, 0.3) is 6.43 Å². The number of sulfonamides is 1. The molecule has 7 nitrogen and oxygen atoms in total. The number of benzene rings is 1. The van der Waals surface area contributed by atoms with Gasteiger partial charge >= 0.3 is 12.1 Å². The number of aromatic nitrogens is 2. The smallest absolute Gasteiger partial charge is 0.475 e. The van der Waals surface area contributed by atoms with Crippen LogP contribution in [0.15, 0.2) is 47.5 Å². The van der Waals surface area contributed by atoms with Gasteiger partial charge in [0, 0.05) is 24.7 Å². The van der Waals surface area contributed by atoms with E-state index >= 15 is 0 Å². The number of carboxylic acids is 1. The van der Waals surface area contributed by atoms with Crippen molar-refractivity contribution < 1.29 is 40.3 Å². The Hall–Kier alpha value is -3.06. The monoisotopic (exact) mass is 519 g/mol. The van der Waals surface area contributed by atoms with E-state index in [1.165, 1.54) is 10.4 Å². The van der Waals surface area contributed by atoms with Crippen molar-refractivity contribution in [2.45, 2.75) is 49.2 Å². The molecule has 1 fully saturated rings. The third kappa shape index (κ3) is 5.96. The van der Waals surface area contributed by atoms with Crippen molar-refractivity contribution in [3.8, 4) is 11.1 Å². The molecule has 0 unspecified atom stereocenters. The molecule has 2 heterocycles. The molecule has 2 N–H and O–H groups in total. The number of halogens is 5. The van der Waals surface area contributed by atoms with Gasteiger partial charge in [0.15, 0.2) is 0 Å². The summed E-state index contributed by atoms with van der Waals surface area (Å²) in [4.78, 5) is 15.9. The van der Waals surface area contributed by atoms with E-state index < -0.39 is 28.6 Å². The molecule has 0 amide bonds. The molecule has 0 atom stereocenters. The quantitative estimate of drug-likeness (QED) is 0.442. The van der Waals surface area contributed by atoms with Gasteiger partial charge in [-0.1, -0.05) is 25.0 Å². The van der Waals surface area contributed by atoms with Gasteiger partial charge in [-0.05, 0) is 48.2 Å². The van der Waals surface area contributed by atoms with Gasteiger partial charge in [-0.15, -0.1) is 0 Å². The van der Waals surface area contributed by atoms with E-state index in [0.29, 0.717) is 11.0 Å². The molecule has 35 heavy (non-hydrogen) atoms. The SMILES string of the molecule is CN(C1CCCC1)S(=O)(=O)c1ccc(-c2ccnc3[nH]c(C(F)F)cc23)cc1.O=C(O)C(F)(F)F. The number of aromatic amines is 1. The average Bonchev–Trinajstić information content (AvgIpc) is 3.48. The molecule has 1 saturated carbocycles. The van der Waals surface area contributed by atoms with Gasteiger partial charge in [-0.25, -0.2) is 27.0 Å². The minimum absolute atomic E-state index is 0.0529. The molecule has 0 radical (unpaired) electrons. The maximum atomic E-state index is 13.0. The Balaban J connectivity index is 0.000000429. The lowest BCUT2D eigenvalue weighted by atomic mass is 10.0. The van der Waals surface area contributed by atoms with Crippen LogP contribution in [-0.2, 0) is 14.8 Å². The van der Waals surface area contributed by atoms with Gasteiger partial charge in [-0.3, -0.25) is 0 Å². The van der Waals surface area contributed by atoms with Crippen molar-refractivity contribution in [1.29, 1.82) is 0 Å². The van der Waals surface area contributed by atoms with Gasteiger partial charge in [0.1, 0.15) is 5.65 Å². The number of aliphatic carboxylic acids is 1. The Kier molecular flexibility index (Phi) is 7.80. The number of fused-ring (bicyclic) bond motifs is 1. The Morgan fingerprint density at radius 2 is 1.71 bits per heavy atom. The molecule has 0 spiro atoms. The fraction of sp³-hybridized carbons (Fsp3) is 0.364. The van der Waals surface area contributed by atoms with E-state index in [2.05, 4.69) is 9.97 Å². The first-order chi connectivity index (χ1) is 16.3. The third-order valence-corrected chi connectivity index (χ3v) is 7.64. The zero-order chi connectivity index (χ0) is 26.0. The highest BCUT2D eigenvalue weighted by molar-refractivity contribution is 7.89. The third-order valence-electron chi connectivity index (χ3n) is 5.71. The molecule has 13 heteroatoms. The Morgan fingerprint density at radius 1 is 1.14 bits per heavy atom. The molecule has 1 aliphatic rings. The first-order valence-electron chi connectivity index (χ1n) is 10.5. The summed E-state index contributed by atoms with van der Waals surface area (Å²) in [7, 11) is -1.92. The Labute approximate surface area is 197 Å². The molecule has 190 valence electrons. The molecule has 1 aromatic carbocycles. The molecule has 2 aromatic heterocycles. The molecule has 0 saturated heterocycles. The molecule has 4 rings (SSSR count). The van der Waals surface area contributed by atoms with Crippen LogP contribution in [0.1, 0.15) is 37.8 Å². The van der Waals surface area contributed by atoms with Crippen LogP contribution in [0, 0.1) is 0 Å². The summed E-state index contributed by atoms with van der Waals surface area (Å²) >= 11 is 0. The number of nitrogens with one attached hydrogen (secondary N) is 1. The van der Waals surface area contributed by atoms with Gasteiger partial charge in [0.05, 0.1) is 10.6 Å². The molecular formula is C22H22F5N3O4S. The van der Waals surface area contributed by atoms with Gasteiger partial charge < -0.3 is 10.1 Å². The van der Waals surface area contributed by atoms with Crippen molar-refractivity contribution >= 4 is 27.0 Å². The summed E-state index contributed by atoms with van der Waals surface area (Å²) in [5.41, 5.74) is 1.66. The maximum absolute atomic E-state index is 13.0. The maximum Gasteiger partial charge on any atom is 0.490 e. The molecule has 1 aliphatic carbocycles. The van der Waals surface area contributed by atoms with Crippen molar-refractivity contribution in [1.82, 2.24) is 14.3 Å². The standard InChI is InChI=1S/C20H21F2N3O2S.C2HF3O2/c1-25(14-4-2-3-5-14)28(26,27)15-8-6-13(7-9-15)16-10-11-23-20-17(16)12-18(24-20)19(21)22;3-2(4,5)1(6)7/h6-12,14,19H,2-5H2,1H3,(H,23,24);(H,6,7). The van der Waals surface area contributed by atoms with Gasteiger partial charge in [0.2, 0.25) is 10.0 Å². The zero-order valence-electron chi connectivity index (χ0n) is 18.4. The van der Waals surface area contributed by atoms with Crippen LogP contribution in [0.3, 0.4) is 0 Å². The number of alkyl halides is 5. The zero-order valence-corrected chi connectivity index (χ0v) is 19.2. The van der Waals surface area contributed by atoms with E-state index in [0.717, 1.165) is 36.8 Å². The number of hydrogen-bond donors (Lipinski definition) is 2. The van der Waals surface area contributed by atoms with E-state index in [4.69, 9.17) is 9.90 Å². The second kappa shape index (κ2) is 10.3. The normalized spacial score (nSPS) is 15.0. The number of hydrogen-bond acceptors (Lipinski definition) is 4. The molecular weight excluding hydrogens is 497 g/mol. The van der Waals surface area contributed by atoms with Crippen molar-refractivity contribution in [2.24, 2.45) is 0 Å². The number of carboxylic acid groups (broad SMARTS) is 1. The first kappa shape index (κ1) is 26.5. The van der Waals surface area contributed by atoms with Crippen LogP contribution in [0.2, 0.25) is 0 Å². The topological polar surface area (TPSA) is 103 Å². The van der Waals surface area contributed by atoms with E-state index in [1.807, 2.05) is 0 Å². The fourth-order valence-electron chi connectivity index (χ4n) is 3.85. The molecule has 3 aromatic rings. The van der Waals surface area contributed by atoms with Gasteiger partial charge in [-0.2, -0.15) is 17.5 Å². The summed E-state index contributed by atoms with van der Waals surface area (Å²) in [5.74, 6) is -2.76. The summed E-state index contributed by atoms with van der Waals surface area (Å²) in [5, 5.41) is 7.71. The Bertz CT molecular complexity index is 1280. The average molecular weight is 519 g/mol. The first-order valence-corrected chi connectivity index (χ1v) is 11.9. The summed E-state index contributed by atoms with van der Waals surface area (Å²) in [6, 6.07) is 9.74. The molecule has 0 bridgehead atoms. The number of pyridine rings is 1. The summed E-state index contributed by atoms with van der Waals surface area (Å²) in [6.07, 6.45) is -2.26. The van der Waals surface area contributed by atoms with Crippen LogP contribution in [0.25, 0.3) is 22.2 Å². The Morgan fingerprint density at radius 3 is 2.23 bits per heavy atom. The molecule has 0 aliphatic heterocycles.